The van der Waals surface area contributed by atoms with Crippen LogP contribution < -0.4 is 5.32 Å². The molecule has 0 saturated heterocycles. The van der Waals surface area contributed by atoms with Crippen LogP contribution >= 0.6 is 0 Å². The fourth-order valence-electron chi connectivity index (χ4n) is 6.13. The summed E-state index contributed by atoms with van der Waals surface area (Å²) in [5.74, 6) is 3.50. The first kappa shape index (κ1) is 13.2. The van der Waals surface area contributed by atoms with Gasteiger partial charge in [0.1, 0.15) is 0 Å². The molecule has 6 rings (SSSR count). The number of benzene rings is 1. The van der Waals surface area contributed by atoms with E-state index in [4.69, 9.17) is 0 Å². The molecule has 0 radical (unpaired) electrons. The second kappa shape index (κ2) is 4.59. The third-order valence-corrected chi connectivity index (χ3v) is 6.85. The Balaban J connectivity index is 1.28. The lowest BCUT2D eigenvalue weighted by Crippen LogP contribution is -2.54. The maximum atomic E-state index is 13.0. The van der Waals surface area contributed by atoms with Gasteiger partial charge in [-0.2, -0.15) is 0 Å². The van der Waals surface area contributed by atoms with Crippen LogP contribution in [-0.4, -0.2) is 11.9 Å². The minimum absolute atomic E-state index is 0.0125. The standard InChI is InChI=1S/C20H25NO/c22-19(21-18-9-17(18)16-4-2-1-3-5-16)20-10-13-6-14(11-20)8-15(7-13)12-20/h1-5,13-15,17-18H,6-12H2,(H,21,22)/t13?,14?,15?,17-,18+,20?/m0/s1. The van der Waals surface area contributed by atoms with Gasteiger partial charge in [-0.3, -0.25) is 4.79 Å². The monoisotopic (exact) mass is 295 g/mol. The van der Waals surface area contributed by atoms with E-state index >= 15 is 0 Å². The summed E-state index contributed by atoms with van der Waals surface area (Å²) < 4.78 is 0. The highest BCUT2D eigenvalue weighted by Gasteiger charge is 2.55. The van der Waals surface area contributed by atoms with Crippen molar-refractivity contribution in [3.05, 3.63) is 35.9 Å². The Morgan fingerprint density at radius 2 is 1.50 bits per heavy atom. The molecule has 5 aliphatic carbocycles. The summed E-state index contributed by atoms with van der Waals surface area (Å²) in [7, 11) is 0. The van der Waals surface area contributed by atoms with Crippen molar-refractivity contribution in [2.45, 2.75) is 56.9 Å². The van der Waals surface area contributed by atoms with E-state index in [-0.39, 0.29) is 5.41 Å². The maximum absolute atomic E-state index is 13.0. The molecule has 0 unspecified atom stereocenters. The van der Waals surface area contributed by atoms with Gasteiger partial charge in [-0.05, 0) is 68.3 Å². The Bertz CT molecular complexity index is 558. The molecular weight excluding hydrogens is 270 g/mol. The predicted molar refractivity (Wildman–Crippen MR) is 86.3 cm³/mol. The van der Waals surface area contributed by atoms with Crippen molar-refractivity contribution in [3.8, 4) is 0 Å². The summed E-state index contributed by atoms with van der Waals surface area (Å²) in [4.78, 5) is 13.0. The number of hydrogen-bond donors (Lipinski definition) is 1. The van der Waals surface area contributed by atoms with Gasteiger partial charge >= 0.3 is 0 Å². The van der Waals surface area contributed by atoms with Crippen LogP contribution in [0.25, 0.3) is 0 Å². The first-order valence-electron chi connectivity index (χ1n) is 9.08. The molecule has 5 aliphatic rings. The lowest BCUT2D eigenvalue weighted by Gasteiger charge is -2.55. The molecule has 116 valence electrons. The first-order valence-corrected chi connectivity index (χ1v) is 9.08. The zero-order valence-corrected chi connectivity index (χ0v) is 13.1. The van der Waals surface area contributed by atoms with E-state index in [1.54, 1.807) is 0 Å². The number of nitrogens with one attached hydrogen (secondary N) is 1. The van der Waals surface area contributed by atoms with Gasteiger partial charge in [0.15, 0.2) is 0 Å². The van der Waals surface area contributed by atoms with E-state index in [9.17, 15) is 4.79 Å². The lowest BCUT2D eigenvalue weighted by molar-refractivity contribution is -0.146. The maximum Gasteiger partial charge on any atom is 0.226 e. The molecule has 2 nitrogen and oxygen atoms in total. The Morgan fingerprint density at radius 3 is 2.09 bits per heavy atom. The van der Waals surface area contributed by atoms with Crippen molar-refractivity contribution in [3.63, 3.8) is 0 Å². The lowest BCUT2D eigenvalue weighted by atomic mass is 9.49. The highest BCUT2D eigenvalue weighted by Crippen LogP contribution is 2.60. The summed E-state index contributed by atoms with van der Waals surface area (Å²) in [6.07, 6.45) is 8.87. The molecule has 4 bridgehead atoms. The number of rotatable bonds is 3. The van der Waals surface area contributed by atoms with Gasteiger partial charge in [0.05, 0.1) is 0 Å². The second-order valence-electron chi connectivity index (χ2n) is 8.53. The highest BCUT2D eigenvalue weighted by atomic mass is 16.2. The van der Waals surface area contributed by atoms with Crippen LogP contribution in [0.2, 0.25) is 0 Å². The highest BCUT2D eigenvalue weighted by molar-refractivity contribution is 5.84. The third-order valence-electron chi connectivity index (χ3n) is 6.85. The molecular formula is C20H25NO. The molecule has 1 amide bonds. The summed E-state index contributed by atoms with van der Waals surface area (Å²) in [6.45, 7) is 0. The topological polar surface area (TPSA) is 29.1 Å². The van der Waals surface area contributed by atoms with Crippen molar-refractivity contribution in [1.82, 2.24) is 5.32 Å². The van der Waals surface area contributed by atoms with Crippen molar-refractivity contribution >= 4 is 5.91 Å². The van der Waals surface area contributed by atoms with Crippen LogP contribution in [0.5, 0.6) is 0 Å². The van der Waals surface area contributed by atoms with E-state index in [1.807, 2.05) is 0 Å². The largest absolute Gasteiger partial charge is 0.352 e. The summed E-state index contributed by atoms with van der Waals surface area (Å²) in [6, 6.07) is 11.1. The molecule has 2 atom stereocenters. The fourth-order valence-corrected chi connectivity index (χ4v) is 6.13. The normalized spacial score (nSPS) is 44.8. The molecule has 1 N–H and O–H groups in total. The van der Waals surface area contributed by atoms with Crippen molar-refractivity contribution in [1.29, 1.82) is 0 Å². The predicted octanol–water partition coefficient (Wildman–Crippen LogP) is 3.88. The molecule has 0 spiro atoms. The number of carbonyl (C=O) groups is 1. The van der Waals surface area contributed by atoms with Crippen molar-refractivity contribution < 1.29 is 4.79 Å². The van der Waals surface area contributed by atoms with Crippen molar-refractivity contribution in [2.24, 2.45) is 23.2 Å². The molecule has 0 heterocycles. The van der Waals surface area contributed by atoms with Gasteiger partial charge in [-0.25, -0.2) is 0 Å². The first-order chi connectivity index (χ1) is 10.7. The third kappa shape index (κ3) is 2.03. The van der Waals surface area contributed by atoms with Gasteiger partial charge in [0, 0.05) is 17.4 Å². The molecule has 5 saturated carbocycles. The Morgan fingerprint density at radius 1 is 0.909 bits per heavy atom. The van der Waals surface area contributed by atoms with Gasteiger partial charge in [0.25, 0.3) is 0 Å². The van der Waals surface area contributed by atoms with Crippen LogP contribution in [0, 0.1) is 23.2 Å². The average molecular weight is 295 g/mol. The Labute approximate surface area is 132 Å². The number of carbonyl (C=O) groups excluding carboxylic acids is 1. The van der Waals surface area contributed by atoms with E-state index in [1.165, 1.54) is 44.1 Å². The molecule has 1 aromatic carbocycles. The van der Waals surface area contributed by atoms with E-state index in [0.717, 1.165) is 24.2 Å². The van der Waals surface area contributed by atoms with Crippen molar-refractivity contribution in [2.75, 3.05) is 0 Å². The van der Waals surface area contributed by atoms with Gasteiger partial charge in [-0.15, -0.1) is 0 Å². The Kier molecular flexibility index (Phi) is 2.75. The summed E-state index contributed by atoms with van der Waals surface area (Å²) in [5.41, 5.74) is 1.40. The zero-order valence-electron chi connectivity index (χ0n) is 13.1. The van der Waals surface area contributed by atoms with Crippen LogP contribution in [0.3, 0.4) is 0 Å². The van der Waals surface area contributed by atoms with Crippen LogP contribution in [0.4, 0.5) is 0 Å². The molecule has 5 fully saturated rings. The quantitative estimate of drug-likeness (QED) is 0.901. The minimum Gasteiger partial charge on any atom is -0.352 e. The average Bonchev–Trinajstić information content (AvgIpc) is 3.26. The second-order valence-corrected chi connectivity index (χ2v) is 8.53. The molecule has 0 aromatic heterocycles. The van der Waals surface area contributed by atoms with E-state index in [2.05, 4.69) is 35.6 Å². The zero-order chi connectivity index (χ0) is 14.7. The number of amides is 1. The van der Waals surface area contributed by atoms with Crippen LogP contribution in [-0.2, 0) is 4.79 Å². The molecule has 22 heavy (non-hydrogen) atoms. The summed E-state index contributed by atoms with van der Waals surface area (Å²) in [5, 5.41) is 3.42. The summed E-state index contributed by atoms with van der Waals surface area (Å²) >= 11 is 0. The molecule has 0 aliphatic heterocycles. The molecule has 1 aromatic rings. The van der Waals surface area contributed by atoms with Gasteiger partial charge in [-0.1, -0.05) is 30.3 Å². The van der Waals surface area contributed by atoms with Crippen LogP contribution in [0.1, 0.15) is 56.4 Å². The smallest absolute Gasteiger partial charge is 0.226 e. The molecule has 2 heteroatoms. The van der Waals surface area contributed by atoms with Gasteiger partial charge < -0.3 is 5.32 Å². The van der Waals surface area contributed by atoms with E-state index < -0.39 is 0 Å². The Hall–Kier alpha value is -1.31. The van der Waals surface area contributed by atoms with Crippen LogP contribution in [0.15, 0.2) is 30.3 Å². The SMILES string of the molecule is O=C(N[C@@H]1C[C@H]1c1ccccc1)C12CC3CC(CC(C3)C1)C2. The minimum atomic E-state index is 0.0125. The van der Waals surface area contributed by atoms with Gasteiger partial charge in [0.2, 0.25) is 5.91 Å². The fraction of sp³-hybridized carbons (Fsp3) is 0.650. The van der Waals surface area contributed by atoms with E-state index in [0.29, 0.717) is 17.9 Å². The number of hydrogen-bond acceptors (Lipinski definition) is 1.